The molecule has 2 N–H and O–H groups in total. The van der Waals surface area contributed by atoms with Crippen molar-refractivity contribution in [2.45, 2.75) is 13.5 Å². The zero-order valence-electron chi connectivity index (χ0n) is 7.07. The van der Waals surface area contributed by atoms with E-state index in [1.54, 1.807) is 0 Å². The smallest absolute Gasteiger partial charge is 0.303 e. The fourth-order valence-corrected chi connectivity index (χ4v) is 0.761. The third kappa shape index (κ3) is 2.62. The standard InChI is InChI=1S/C8H9NO4/c1-5(10)12-4-6-2-3-7(13-6)8(9)11/h2-3H,4H2,1H3,(H2,9,11). The van der Waals surface area contributed by atoms with E-state index in [0.717, 1.165) is 0 Å². The zero-order chi connectivity index (χ0) is 9.84. The lowest BCUT2D eigenvalue weighted by Gasteiger charge is -1.96. The molecule has 0 aliphatic carbocycles. The molecule has 1 heterocycles. The number of amides is 1. The minimum absolute atomic E-state index is 0.0165. The number of hydrogen-bond donors (Lipinski definition) is 1. The maximum atomic E-state index is 10.6. The van der Waals surface area contributed by atoms with Crippen LogP contribution in [0, 0.1) is 0 Å². The molecule has 0 fully saturated rings. The minimum Gasteiger partial charge on any atom is -0.458 e. The summed E-state index contributed by atoms with van der Waals surface area (Å²) in [7, 11) is 0. The first-order chi connectivity index (χ1) is 6.09. The van der Waals surface area contributed by atoms with Crippen molar-refractivity contribution >= 4 is 11.9 Å². The van der Waals surface area contributed by atoms with Crippen LogP contribution < -0.4 is 5.73 Å². The summed E-state index contributed by atoms with van der Waals surface area (Å²) in [6.07, 6.45) is 0. The predicted molar refractivity (Wildman–Crippen MR) is 42.7 cm³/mol. The molecule has 0 atom stereocenters. The second-order valence-electron chi connectivity index (χ2n) is 2.41. The molecule has 0 saturated carbocycles. The van der Waals surface area contributed by atoms with Crippen LogP contribution in [-0.4, -0.2) is 11.9 Å². The maximum absolute atomic E-state index is 10.6. The summed E-state index contributed by atoms with van der Waals surface area (Å²) in [5, 5.41) is 0. The highest BCUT2D eigenvalue weighted by molar-refractivity contribution is 5.89. The van der Waals surface area contributed by atoms with Crippen molar-refractivity contribution in [1.29, 1.82) is 0 Å². The lowest BCUT2D eigenvalue weighted by atomic mass is 10.4. The highest BCUT2D eigenvalue weighted by Crippen LogP contribution is 2.08. The van der Waals surface area contributed by atoms with E-state index in [0.29, 0.717) is 5.76 Å². The number of carbonyl (C=O) groups is 2. The molecule has 1 aromatic rings. The molecule has 0 saturated heterocycles. The molecular formula is C8H9NO4. The molecule has 0 bridgehead atoms. The Morgan fingerprint density at radius 2 is 2.23 bits per heavy atom. The number of hydrogen-bond acceptors (Lipinski definition) is 4. The van der Waals surface area contributed by atoms with E-state index in [2.05, 4.69) is 4.74 Å². The summed E-state index contributed by atoms with van der Waals surface area (Å²) < 4.78 is 9.58. The maximum Gasteiger partial charge on any atom is 0.303 e. The number of ether oxygens (including phenoxy) is 1. The summed E-state index contributed by atoms with van der Waals surface area (Å²) in [6.45, 7) is 1.31. The molecule has 0 spiro atoms. The van der Waals surface area contributed by atoms with Crippen LogP contribution in [0.1, 0.15) is 23.2 Å². The Kier molecular flexibility index (Phi) is 2.69. The van der Waals surface area contributed by atoms with Crippen LogP contribution in [0.2, 0.25) is 0 Å². The first-order valence-corrected chi connectivity index (χ1v) is 3.61. The van der Waals surface area contributed by atoms with Crippen molar-refractivity contribution in [1.82, 2.24) is 0 Å². The van der Waals surface area contributed by atoms with Crippen LogP contribution in [0.3, 0.4) is 0 Å². The molecule has 1 amide bonds. The van der Waals surface area contributed by atoms with E-state index in [-0.39, 0.29) is 12.4 Å². The van der Waals surface area contributed by atoms with Gasteiger partial charge in [0, 0.05) is 6.92 Å². The number of primary amides is 1. The van der Waals surface area contributed by atoms with Gasteiger partial charge in [-0.3, -0.25) is 9.59 Å². The van der Waals surface area contributed by atoms with E-state index in [9.17, 15) is 9.59 Å². The van der Waals surface area contributed by atoms with Crippen molar-refractivity contribution in [2.24, 2.45) is 5.73 Å². The molecule has 70 valence electrons. The molecule has 0 unspecified atom stereocenters. The van der Waals surface area contributed by atoms with Gasteiger partial charge in [0.2, 0.25) is 0 Å². The molecule has 1 rings (SSSR count). The summed E-state index contributed by atoms with van der Waals surface area (Å²) in [5.74, 6) is -0.600. The molecule has 13 heavy (non-hydrogen) atoms. The highest BCUT2D eigenvalue weighted by Gasteiger charge is 2.07. The van der Waals surface area contributed by atoms with Gasteiger partial charge in [-0.2, -0.15) is 0 Å². The fourth-order valence-electron chi connectivity index (χ4n) is 0.761. The molecule has 5 nitrogen and oxygen atoms in total. The van der Waals surface area contributed by atoms with Gasteiger partial charge in [-0.15, -0.1) is 0 Å². The van der Waals surface area contributed by atoms with Crippen LogP contribution in [-0.2, 0) is 16.1 Å². The number of nitrogens with two attached hydrogens (primary N) is 1. The van der Waals surface area contributed by atoms with Gasteiger partial charge in [0.05, 0.1) is 0 Å². The first-order valence-electron chi connectivity index (χ1n) is 3.61. The number of esters is 1. The van der Waals surface area contributed by atoms with Crippen LogP contribution in [0.25, 0.3) is 0 Å². The number of carbonyl (C=O) groups excluding carboxylic acids is 2. The first kappa shape index (κ1) is 9.31. The normalized spacial score (nSPS) is 9.62. The van der Waals surface area contributed by atoms with E-state index in [4.69, 9.17) is 10.2 Å². The monoisotopic (exact) mass is 183 g/mol. The Hall–Kier alpha value is -1.78. The second-order valence-corrected chi connectivity index (χ2v) is 2.41. The predicted octanol–water partition coefficient (Wildman–Crippen LogP) is 0.442. The third-order valence-electron chi connectivity index (χ3n) is 1.32. The zero-order valence-corrected chi connectivity index (χ0v) is 7.07. The Balaban J connectivity index is 2.59. The van der Waals surface area contributed by atoms with Gasteiger partial charge in [-0.1, -0.05) is 0 Å². The number of furan rings is 1. The Labute approximate surface area is 74.5 Å². The van der Waals surface area contributed by atoms with Gasteiger partial charge in [-0.05, 0) is 12.1 Å². The van der Waals surface area contributed by atoms with E-state index in [1.165, 1.54) is 19.1 Å². The van der Waals surface area contributed by atoms with Gasteiger partial charge in [0.15, 0.2) is 5.76 Å². The molecule has 0 aromatic carbocycles. The highest BCUT2D eigenvalue weighted by atomic mass is 16.5. The molecule has 5 heteroatoms. The molecular weight excluding hydrogens is 174 g/mol. The SMILES string of the molecule is CC(=O)OCc1ccc(C(N)=O)o1. The largest absolute Gasteiger partial charge is 0.458 e. The summed E-state index contributed by atoms with van der Waals surface area (Å²) in [4.78, 5) is 21.0. The molecule has 0 radical (unpaired) electrons. The molecule has 1 aromatic heterocycles. The Morgan fingerprint density at radius 1 is 1.54 bits per heavy atom. The molecule has 0 aliphatic rings. The quantitative estimate of drug-likeness (QED) is 0.689. The van der Waals surface area contributed by atoms with E-state index in [1.807, 2.05) is 0 Å². The Morgan fingerprint density at radius 3 is 2.69 bits per heavy atom. The van der Waals surface area contributed by atoms with Crippen molar-refractivity contribution in [3.05, 3.63) is 23.7 Å². The minimum atomic E-state index is -0.644. The van der Waals surface area contributed by atoms with Gasteiger partial charge in [-0.25, -0.2) is 0 Å². The molecule has 0 aliphatic heterocycles. The van der Waals surface area contributed by atoms with E-state index < -0.39 is 11.9 Å². The third-order valence-corrected chi connectivity index (χ3v) is 1.32. The average Bonchev–Trinajstić information content (AvgIpc) is 2.48. The second kappa shape index (κ2) is 3.75. The van der Waals surface area contributed by atoms with Gasteiger partial charge in [0.25, 0.3) is 5.91 Å². The van der Waals surface area contributed by atoms with Crippen LogP contribution in [0.4, 0.5) is 0 Å². The average molecular weight is 183 g/mol. The van der Waals surface area contributed by atoms with Gasteiger partial charge < -0.3 is 14.9 Å². The van der Waals surface area contributed by atoms with Crippen LogP contribution in [0.15, 0.2) is 16.5 Å². The Bertz CT molecular complexity index is 329. The van der Waals surface area contributed by atoms with Crippen LogP contribution >= 0.6 is 0 Å². The summed E-state index contributed by atoms with van der Waals surface area (Å²) in [6, 6.07) is 2.96. The topological polar surface area (TPSA) is 82.5 Å². The van der Waals surface area contributed by atoms with Gasteiger partial charge >= 0.3 is 5.97 Å². The van der Waals surface area contributed by atoms with Crippen molar-refractivity contribution in [2.75, 3.05) is 0 Å². The summed E-state index contributed by atoms with van der Waals surface area (Å²) >= 11 is 0. The van der Waals surface area contributed by atoms with Crippen LogP contribution in [0.5, 0.6) is 0 Å². The lowest BCUT2D eigenvalue weighted by Crippen LogP contribution is -2.09. The van der Waals surface area contributed by atoms with Crippen molar-refractivity contribution in [3.63, 3.8) is 0 Å². The van der Waals surface area contributed by atoms with Crippen molar-refractivity contribution < 1.29 is 18.7 Å². The van der Waals surface area contributed by atoms with E-state index >= 15 is 0 Å². The number of rotatable bonds is 3. The lowest BCUT2D eigenvalue weighted by molar-refractivity contribution is -0.142. The van der Waals surface area contributed by atoms with Gasteiger partial charge in [0.1, 0.15) is 12.4 Å². The summed E-state index contributed by atoms with van der Waals surface area (Å²) in [5.41, 5.74) is 4.94. The van der Waals surface area contributed by atoms with Crippen molar-refractivity contribution in [3.8, 4) is 0 Å². The fraction of sp³-hybridized carbons (Fsp3) is 0.250.